The van der Waals surface area contributed by atoms with Gasteiger partial charge in [0.15, 0.2) is 0 Å². The van der Waals surface area contributed by atoms with Crippen LogP contribution in [0.2, 0.25) is 0 Å². The Morgan fingerprint density at radius 1 is 1.59 bits per heavy atom. The fourth-order valence-corrected chi connectivity index (χ4v) is 3.23. The zero-order valence-electron chi connectivity index (χ0n) is 10.7. The number of amides is 1. The lowest BCUT2D eigenvalue weighted by molar-refractivity contribution is 0.0712. The van der Waals surface area contributed by atoms with Crippen molar-refractivity contribution < 1.29 is 4.79 Å². The van der Waals surface area contributed by atoms with E-state index in [1.54, 1.807) is 11.3 Å². The van der Waals surface area contributed by atoms with Gasteiger partial charge in [-0.05, 0) is 29.9 Å². The molecule has 0 aromatic carbocycles. The Hall–Kier alpha value is -0.870. The van der Waals surface area contributed by atoms with Gasteiger partial charge in [-0.3, -0.25) is 4.79 Å². The van der Waals surface area contributed by atoms with Gasteiger partial charge in [-0.1, -0.05) is 13.8 Å². The van der Waals surface area contributed by atoms with Crippen molar-refractivity contribution in [2.24, 2.45) is 0 Å². The van der Waals surface area contributed by atoms with E-state index in [4.69, 9.17) is 0 Å². The van der Waals surface area contributed by atoms with Crippen LogP contribution in [0.1, 0.15) is 41.9 Å². The Morgan fingerprint density at radius 2 is 2.35 bits per heavy atom. The van der Waals surface area contributed by atoms with Crippen LogP contribution in [0.15, 0.2) is 11.4 Å². The second-order valence-corrected chi connectivity index (χ2v) is 5.88. The molecular formula is C13H20N2OS. The van der Waals surface area contributed by atoms with Crippen molar-refractivity contribution in [3.05, 3.63) is 21.9 Å². The van der Waals surface area contributed by atoms with Crippen molar-refractivity contribution in [2.75, 3.05) is 19.6 Å². The molecule has 1 fully saturated rings. The van der Waals surface area contributed by atoms with E-state index in [1.807, 2.05) is 10.3 Å². The smallest absolute Gasteiger partial charge is 0.264 e. The zero-order valence-corrected chi connectivity index (χ0v) is 11.5. The minimum atomic E-state index is 0.206. The van der Waals surface area contributed by atoms with E-state index < -0.39 is 0 Å². The first-order valence-electron chi connectivity index (χ1n) is 6.19. The molecule has 1 saturated heterocycles. The molecule has 17 heavy (non-hydrogen) atoms. The minimum Gasteiger partial charge on any atom is -0.335 e. The highest BCUT2D eigenvalue weighted by atomic mass is 32.1. The van der Waals surface area contributed by atoms with Crippen LogP contribution in [0.4, 0.5) is 0 Å². The number of hydrogen-bond acceptors (Lipinski definition) is 3. The Bertz CT molecular complexity index is 400. The van der Waals surface area contributed by atoms with Gasteiger partial charge in [-0.15, -0.1) is 11.3 Å². The molecule has 0 aliphatic carbocycles. The summed E-state index contributed by atoms with van der Waals surface area (Å²) in [6, 6.07) is 2.48. The third-order valence-electron chi connectivity index (χ3n) is 3.17. The molecule has 0 radical (unpaired) electrons. The quantitative estimate of drug-likeness (QED) is 0.876. The van der Waals surface area contributed by atoms with Crippen LogP contribution in [0.25, 0.3) is 0 Å². The van der Waals surface area contributed by atoms with Gasteiger partial charge >= 0.3 is 0 Å². The molecule has 2 heterocycles. The first-order chi connectivity index (χ1) is 8.09. The summed E-state index contributed by atoms with van der Waals surface area (Å²) in [6.07, 6.45) is 0. The van der Waals surface area contributed by atoms with Crippen molar-refractivity contribution in [3.8, 4) is 0 Å². The van der Waals surface area contributed by atoms with Crippen LogP contribution in [0.5, 0.6) is 0 Å². The van der Waals surface area contributed by atoms with Gasteiger partial charge in [-0.2, -0.15) is 0 Å². The summed E-state index contributed by atoms with van der Waals surface area (Å²) >= 11 is 1.57. The Morgan fingerprint density at radius 3 is 3.00 bits per heavy atom. The SMILES string of the molecule is CC1CN(C(=O)c2sccc2C(C)C)CCN1. The molecule has 1 amide bonds. The normalized spacial score (nSPS) is 20.9. The molecule has 1 aliphatic rings. The van der Waals surface area contributed by atoms with Crippen molar-refractivity contribution in [3.63, 3.8) is 0 Å². The Balaban J connectivity index is 2.16. The third kappa shape index (κ3) is 2.69. The molecule has 1 N–H and O–H groups in total. The third-order valence-corrected chi connectivity index (χ3v) is 4.09. The van der Waals surface area contributed by atoms with E-state index in [0.717, 1.165) is 24.5 Å². The Kier molecular flexibility index (Phi) is 3.84. The minimum absolute atomic E-state index is 0.206. The summed E-state index contributed by atoms with van der Waals surface area (Å²) in [4.78, 5) is 15.3. The molecular weight excluding hydrogens is 232 g/mol. The number of piperazine rings is 1. The topological polar surface area (TPSA) is 32.3 Å². The largest absolute Gasteiger partial charge is 0.335 e. The fourth-order valence-electron chi connectivity index (χ4n) is 2.21. The van der Waals surface area contributed by atoms with E-state index in [0.29, 0.717) is 12.0 Å². The molecule has 0 spiro atoms. The maximum Gasteiger partial charge on any atom is 0.264 e. The number of thiophene rings is 1. The van der Waals surface area contributed by atoms with Gasteiger partial charge in [0.1, 0.15) is 0 Å². The van der Waals surface area contributed by atoms with Gasteiger partial charge in [-0.25, -0.2) is 0 Å². The molecule has 0 bridgehead atoms. The number of carbonyl (C=O) groups is 1. The highest BCUT2D eigenvalue weighted by Gasteiger charge is 2.24. The number of nitrogens with zero attached hydrogens (tertiary/aromatic N) is 1. The van der Waals surface area contributed by atoms with Gasteiger partial charge < -0.3 is 10.2 Å². The van der Waals surface area contributed by atoms with Crippen LogP contribution < -0.4 is 5.32 Å². The van der Waals surface area contributed by atoms with E-state index in [-0.39, 0.29) is 5.91 Å². The summed E-state index contributed by atoms with van der Waals surface area (Å²) < 4.78 is 0. The van der Waals surface area contributed by atoms with E-state index in [2.05, 4.69) is 32.2 Å². The maximum atomic E-state index is 12.4. The molecule has 1 aromatic rings. The second kappa shape index (κ2) is 5.19. The first-order valence-corrected chi connectivity index (χ1v) is 7.07. The lowest BCUT2D eigenvalue weighted by Gasteiger charge is -2.32. The van der Waals surface area contributed by atoms with E-state index >= 15 is 0 Å². The van der Waals surface area contributed by atoms with Crippen LogP contribution in [0.3, 0.4) is 0 Å². The van der Waals surface area contributed by atoms with E-state index in [9.17, 15) is 4.79 Å². The lowest BCUT2D eigenvalue weighted by Crippen LogP contribution is -2.51. The van der Waals surface area contributed by atoms with Gasteiger partial charge in [0.05, 0.1) is 4.88 Å². The van der Waals surface area contributed by atoms with Crippen LogP contribution >= 0.6 is 11.3 Å². The average Bonchev–Trinajstić information content (AvgIpc) is 2.77. The summed E-state index contributed by atoms with van der Waals surface area (Å²) in [5, 5.41) is 5.38. The first kappa shape index (κ1) is 12.6. The van der Waals surface area contributed by atoms with Crippen molar-refractivity contribution in [1.82, 2.24) is 10.2 Å². The zero-order chi connectivity index (χ0) is 12.4. The van der Waals surface area contributed by atoms with Crippen molar-refractivity contribution in [2.45, 2.75) is 32.7 Å². The highest BCUT2D eigenvalue weighted by Crippen LogP contribution is 2.26. The molecule has 94 valence electrons. The molecule has 4 heteroatoms. The predicted molar refractivity (Wildman–Crippen MR) is 71.8 cm³/mol. The molecule has 1 atom stereocenters. The summed E-state index contributed by atoms with van der Waals surface area (Å²) in [6.45, 7) is 8.93. The Labute approximate surface area is 107 Å². The summed E-state index contributed by atoms with van der Waals surface area (Å²) in [5.41, 5.74) is 1.19. The highest BCUT2D eigenvalue weighted by molar-refractivity contribution is 7.12. The van der Waals surface area contributed by atoms with Gasteiger partial charge in [0.25, 0.3) is 5.91 Å². The van der Waals surface area contributed by atoms with Crippen LogP contribution in [-0.2, 0) is 0 Å². The lowest BCUT2D eigenvalue weighted by atomic mass is 10.0. The van der Waals surface area contributed by atoms with Crippen LogP contribution in [0, 0.1) is 0 Å². The van der Waals surface area contributed by atoms with Crippen molar-refractivity contribution >= 4 is 17.2 Å². The fraction of sp³-hybridized carbons (Fsp3) is 0.615. The number of rotatable bonds is 2. The summed E-state index contributed by atoms with van der Waals surface area (Å²) in [5.74, 6) is 0.623. The number of hydrogen-bond donors (Lipinski definition) is 1. The van der Waals surface area contributed by atoms with Crippen LogP contribution in [-0.4, -0.2) is 36.5 Å². The van der Waals surface area contributed by atoms with Crippen molar-refractivity contribution in [1.29, 1.82) is 0 Å². The summed E-state index contributed by atoms with van der Waals surface area (Å²) in [7, 11) is 0. The molecule has 1 unspecified atom stereocenters. The molecule has 1 aromatic heterocycles. The number of nitrogens with one attached hydrogen (secondary N) is 1. The second-order valence-electron chi connectivity index (χ2n) is 4.97. The molecule has 3 nitrogen and oxygen atoms in total. The van der Waals surface area contributed by atoms with Gasteiger partial charge in [0.2, 0.25) is 0 Å². The molecule has 2 rings (SSSR count). The molecule has 0 saturated carbocycles. The average molecular weight is 252 g/mol. The predicted octanol–water partition coefficient (Wildman–Crippen LogP) is 2.31. The van der Waals surface area contributed by atoms with E-state index in [1.165, 1.54) is 5.56 Å². The standard InChI is InChI=1S/C13H20N2OS/c1-9(2)11-4-7-17-12(11)13(16)15-6-5-14-10(3)8-15/h4,7,9-10,14H,5-6,8H2,1-3H3. The number of carbonyl (C=O) groups excluding carboxylic acids is 1. The maximum absolute atomic E-state index is 12.4. The van der Waals surface area contributed by atoms with Gasteiger partial charge in [0, 0.05) is 25.7 Å². The monoisotopic (exact) mass is 252 g/mol. The molecule has 1 aliphatic heterocycles.